The molecule has 0 unspecified atom stereocenters. The van der Waals surface area contributed by atoms with Crippen LogP contribution in [0.15, 0.2) is 194 Å². The molecule has 0 bridgehead atoms. The van der Waals surface area contributed by atoms with E-state index in [-0.39, 0.29) is 26.4 Å². The van der Waals surface area contributed by atoms with Gasteiger partial charge in [0.1, 0.15) is 0 Å². The predicted molar refractivity (Wildman–Crippen MR) is 289 cm³/mol. The third kappa shape index (κ3) is 15.5. The lowest BCUT2D eigenvalue weighted by atomic mass is 10.1. The Morgan fingerprint density at radius 1 is 0.333 bits per heavy atom. The third-order valence-electron chi connectivity index (χ3n) is 11.4. The Hall–Kier alpha value is -8.50. The number of hydrogen-bond acceptors (Lipinski definition) is 10. The van der Waals surface area contributed by atoms with Crippen LogP contribution in [0.2, 0.25) is 0 Å². The maximum Gasteiger partial charge on any atom is 0.333 e. The molecule has 72 heavy (non-hydrogen) atoms. The van der Waals surface area contributed by atoms with Gasteiger partial charge < -0.3 is 28.7 Å². The van der Waals surface area contributed by atoms with E-state index in [2.05, 4.69) is 145 Å². The molecule has 0 radical (unpaired) electrons. The minimum atomic E-state index is -0.398. The van der Waals surface area contributed by atoms with Crippen LogP contribution in [-0.4, -0.2) is 50.3 Å². The topological polar surface area (TPSA) is 112 Å². The molecule has 368 valence electrons. The molecule has 0 fully saturated rings. The highest BCUT2D eigenvalue weighted by atomic mass is 16.5. The zero-order valence-corrected chi connectivity index (χ0v) is 41.7. The van der Waals surface area contributed by atoms with Crippen molar-refractivity contribution in [2.45, 2.75) is 53.4 Å². The highest BCUT2D eigenvalue weighted by Gasteiger charge is 2.16. The molecule has 0 saturated carbocycles. The highest BCUT2D eigenvalue weighted by Crippen LogP contribution is 2.37. The lowest BCUT2D eigenvalue weighted by Crippen LogP contribution is -2.11. The number of nitrogens with zero attached hydrogens (tertiary/aromatic N) is 2. The van der Waals surface area contributed by atoms with Crippen molar-refractivity contribution in [1.29, 1.82) is 0 Å². The van der Waals surface area contributed by atoms with Crippen LogP contribution in [-0.2, 0) is 63.8 Å². The molecule has 10 nitrogen and oxygen atoms in total. The van der Waals surface area contributed by atoms with Crippen LogP contribution >= 0.6 is 0 Å². The Morgan fingerprint density at radius 2 is 0.514 bits per heavy atom. The van der Waals surface area contributed by atoms with Gasteiger partial charge in [-0.2, -0.15) is 0 Å². The van der Waals surface area contributed by atoms with E-state index in [1.807, 2.05) is 48.5 Å². The fraction of sp³-hybridized carbons (Fsp3) is 0.194. The first-order chi connectivity index (χ1) is 34.6. The molecule has 10 heteroatoms. The first-order valence-electron chi connectivity index (χ1n) is 23.8. The average Bonchev–Trinajstić information content (AvgIpc) is 3.38. The number of carbonyl (C=O) groups excluding carboxylic acids is 4. The molecular weight excluding hydrogens is 901 g/mol. The summed E-state index contributed by atoms with van der Waals surface area (Å²) >= 11 is 0. The van der Waals surface area contributed by atoms with Crippen molar-refractivity contribution in [2.75, 3.05) is 36.2 Å². The van der Waals surface area contributed by atoms with Crippen molar-refractivity contribution < 1.29 is 38.1 Å². The van der Waals surface area contributed by atoms with Gasteiger partial charge in [0.25, 0.3) is 0 Å². The summed E-state index contributed by atoms with van der Waals surface area (Å²) in [5.41, 5.74) is 13.4. The molecule has 6 aromatic rings. The summed E-state index contributed by atoms with van der Waals surface area (Å²) in [4.78, 5) is 52.0. The van der Waals surface area contributed by atoms with Crippen molar-refractivity contribution in [1.82, 2.24) is 0 Å². The van der Waals surface area contributed by atoms with Gasteiger partial charge in [0.05, 0.1) is 26.4 Å². The summed E-state index contributed by atoms with van der Waals surface area (Å²) in [7, 11) is 0. The van der Waals surface area contributed by atoms with E-state index >= 15 is 0 Å². The van der Waals surface area contributed by atoms with Crippen molar-refractivity contribution in [3.8, 4) is 0 Å². The molecule has 0 aliphatic heterocycles. The van der Waals surface area contributed by atoms with E-state index in [1.54, 1.807) is 27.7 Å². The lowest BCUT2D eigenvalue weighted by molar-refractivity contribution is -0.139. The van der Waals surface area contributed by atoms with Crippen LogP contribution in [0.1, 0.15) is 61.1 Å². The Labute approximate surface area is 423 Å². The zero-order chi connectivity index (χ0) is 51.6. The zero-order valence-electron chi connectivity index (χ0n) is 41.7. The Morgan fingerprint density at radius 3 is 0.694 bits per heavy atom. The number of anilines is 6. The minimum absolute atomic E-state index is 0.262. The maximum atomic E-state index is 11.9. The molecule has 0 aliphatic rings. The van der Waals surface area contributed by atoms with Gasteiger partial charge in [-0.3, -0.25) is 0 Å². The van der Waals surface area contributed by atoms with Crippen molar-refractivity contribution in [3.63, 3.8) is 0 Å². The van der Waals surface area contributed by atoms with Crippen molar-refractivity contribution in [2.24, 2.45) is 0 Å². The molecule has 6 aromatic carbocycles. The normalized spacial score (nSPS) is 10.8. The molecular formula is C62H62N2O8. The summed E-state index contributed by atoms with van der Waals surface area (Å²) < 4.78 is 21.3. The van der Waals surface area contributed by atoms with Crippen molar-refractivity contribution in [3.05, 3.63) is 228 Å². The van der Waals surface area contributed by atoms with E-state index in [4.69, 9.17) is 18.9 Å². The third-order valence-corrected chi connectivity index (χ3v) is 11.4. The first-order valence-corrected chi connectivity index (χ1v) is 23.8. The number of hydrogen-bond donors (Lipinski definition) is 0. The number of carbonyl (C=O) groups is 4. The Bertz CT molecular complexity index is 2550. The summed E-state index contributed by atoms with van der Waals surface area (Å²) in [6, 6.07) is 49.5. The van der Waals surface area contributed by atoms with E-state index in [1.165, 1.54) is 0 Å². The molecule has 6 rings (SSSR count). The minimum Gasteiger partial charge on any atom is -0.462 e. The summed E-state index contributed by atoms with van der Waals surface area (Å²) in [6.07, 6.45) is 6.48. The van der Waals surface area contributed by atoms with Gasteiger partial charge in [0, 0.05) is 82.1 Å². The second-order valence-corrected chi connectivity index (χ2v) is 17.5. The van der Waals surface area contributed by atoms with Crippen LogP contribution in [0, 0.1) is 0 Å². The molecule has 0 amide bonds. The Balaban J connectivity index is 1.20. The summed E-state index contributed by atoms with van der Waals surface area (Å²) in [5, 5.41) is 0. The van der Waals surface area contributed by atoms with Gasteiger partial charge in [-0.05, 0) is 134 Å². The molecule has 0 saturated heterocycles. The van der Waals surface area contributed by atoms with E-state index in [9.17, 15) is 19.2 Å². The Kier molecular flexibility index (Phi) is 19.0. The van der Waals surface area contributed by atoms with Gasteiger partial charge in [-0.1, -0.05) is 111 Å². The predicted octanol–water partition coefficient (Wildman–Crippen LogP) is 13.4. The second-order valence-electron chi connectivity index (χ2n) is 17.5. The number of ether oxygens (including phenoxy) is 4. The molecule has 0 N–H and O–H groups in total. The van der Waals surface area contributed by atoms with E-state index in [0.29, 0.717) is 48.0 Å². The molecule has 0 spiro atoms. The van der Waals surface area contributed by atoms with Crippen LogP contribution in [0.25, 0.3) is 12.2 Å². The number of esters is 4. The SMILES string of the molecule is C=C(C)C(=O)OCCc1ccc(N(c2ccc(/C=C/c3ccc(N(c4ccc(CCOC(=O)C(=C)C)cc4)c4ccc(CCOC(=O)C(=C)C)cc4)cc3)cc2)c2ccc(CCOC(=O)C(=C)C)cc2)cc1. The fourth-order valence-electron chi connectivity index (χ4n) is 7.34. The van der Waals surface area contributed by atoms with Crippen LogP contribution < -0.4 is 9.80 Å². The quantitative estimate of drug-likeness (QED) is 0.0252. The van der Waals surface area contributed by atoms with Crippen LogP contribution in [0.5, 0.6) is 0 Å². The largest absolute Gasteiger partial charge is 0.462 e. The second kappa shape index (κ2) is 25.9. The molecule has 0 aromatic heterocycles. The first kappa shape index (κ1) is 52.9. The van der Waals surface area contributed by atoms with E-state index in [0.717, 1.165) is 67.5 Å². The summed E-state index contributed by atoms with van der Waals surface area (Å²) in [6.45, 7) is 22.2. The van der Waals surface area contributed by atoms with Gasteiger partial charge in [0.15, 0.2) is 0 Å². The lowest BCUT2D eigenvalue weighted by Gasteiger charge is -2.26. The molecule has 0 heterocycles. The standard InChI is InChI=1S/C62H62N2O8/c1-43(2)59(65)69-39-35-49-15-27-55(28-16-49)63(56-29-17-50(18-30-56)36-40-70-60(66)44(3)4)53-23-11-47(12-24-53)9-10-48-13-25-54(26-14-48)64(57-31-19-51(20-32-57)37-41-71-61(67)45(5)6)58-33-21-52(22-34-58)38-42-72-62(68)46(7)8/h9-34H,1,3,5,7,35-42H2,2,4,6,8H3/b10-9+. The average molecular weight is 963 g/mol. The highest BCUT2D eigenvalue weighted by molar-refractivity contribution is 5.88. The number of benzene rings is 6. The summed E-state index contributed by atoms with van der Waals surface area (Å²) in [5.74, 6) is -1.59. The van der Waals surface area contributed by atoms with Crippen LogP contribution in [0.4, 0.5) is 34.1 Å². The van der Waals surface area contributed by atoms with Gasteiger partial charge >= 0.3 is 23.9 Å². The molecule has 0 aliphatic carbocycles. The fourth-order valence-corrected chi connectivity index (χ4v) is 7.34. The van der Waals surface area contributed by atoms with Gasteiger partial charge in [0.2, 0.25) is 0 Å². The van der Waals surface area contributed by atoms with E-state index < -0.39 is 23.9 Å². The van der Waals surface area contributed by atoms with Gasteiger partial charge in [-0.15, -0.1) is 0 Å². The monoisotopic (exact) mass is 962 g/mol. The number of rotatable bonds is 24. The van der Waals surface area contributed by atoms with Crippen molar-refractivity contribution >= 4 is 70.2 Å². The van der Waals surface area contributed by atoms with Gasteiger partial charge in [-0.25, -0.2) is 19.2 Å². The smallest absolute Gasteiger partial charge is 0.333 e. The maximum absolute atomic E-state index is 11.9. The van der Waals surface area contributed by atoms with Crippen LogP contribution in [0.3, 0.4) is 0 Å². The molecule has 0 atom stereocenters.